The van der Waals surface area contributed by atoms with Gasteiger partial charge in [-0.25, -0.2) is 9.38 Å². The molecule has 2 unspecified atom stereocenters. The molecule has 11 heteroatoms. The monoisotopic (exact) mass is 552 g/mol. The largest absolute Gasteiger partial charge is 0.437 e. The van der Waals surface area contributed by atoms with Crippen molar-refractivity contribution in [3.63, 3.8) is 0 Å². The number of carbonyl (C=O) groups excluding carboxylic acids is 2. The predicted molar refractivity (Wildman–Crippen MR) is 136 cm³/mol. The summed E-state index contributed by atoms with van der Waals surface area (Å²) < 4.78 is 59.2. The van der Waals surface area contributed by atoms with Gasteiger partial charge in [0.05, 0.1) is 22.9 Å². The molecule has 2 aromatic carbocycles. The van der Waals surface area contributed by atoms with E-state index in [1.165, 1.54) is 31.3 Å². The molecule has 7 nitrogen and oxygen atoms in total. The number of hydrogen-bond acceptors (Lipinski definition) is 5. The van der Waals surface area contributed by atoms with Gasteiger partial charge in [-0.3, -0.25) is 9.59 Å². The van der Waals surface area contributed by atoms with Crippen LogP contribution in [-0.4, -0.2) is 36.6 Å². The van der Waals surface area contributed by atoms with Crippen molar-refractivity contribution in [2.45, 2.75) is 49.4 Å². The second kappa shape index (κ2) is 10.3. The van der Waals surface area contributed by atoms with Crippen LogP contribution in [-0.2, 0) is 0 Å². The molecule has 5 rings (SSSR count). The maximum absolute atomic E-state index is 13.6. The van der Waals surface area contributed by atoms with E-state index in [0.29, 0.717) is 29.2 Å². The summed E-state index contributed by atoms with van der Waals surface area (Å²) in [7, 11) is 1.43. The highest BCUT2D eigenvalue weighted by molar-refractivity contribution is 6.00. The molecule has 2 aliphatic rings. The Morgan fingerprint density at radius 3 is 2.50 bits per heavy atom. The molecule has 1 aliphatic carbocycles. The molecule has 2 heterocycles. The van der Waals surface area contributed by atoms with Gasteiger partial charge in [0.25, 0.3) is 11.8 Å². The summed E-state index contributed by atoms with van der Waals surface area (Å²) >= 11 is 0. The van der Waals surface area contributed by atoms with Crippen molar-refractivity contribution in [1.82, 2.24) is 10.6 Å². The average Bonchev–Trinajstić information content (AvgIpc) is 3.61. The van der Waals surface area contributed by atoms with E-state index in [9.17, 15) is 32.4 Å². The number of halogens is 4. The fraction of sp³-hybridized carbons (Fsp3) is 0.310. The Hall–Kier alpha value is -4.46. The molecule has 0 saturated heterocycles. The molecule has 1 aromatic heterocycles. The fourth-order valence-electron chi connectivity index (χ4n) is 4.80. The average molecular weight is 553 g/mol. The van der Waals surface area contributed by atoms with Crippen molar-refractivity contribution in [1.29, 1.82) is 5.26 Å². The molecular weight excluding hydrogens is 528 g/mol. The molecule has 2 N–H and O–H groups in total. The van der Waals surface area contributed by atoms with Crippen LogP contribution in [0.1, 0.15) is 57.9 Å². The molecule has 0 spiro atoms. The Kier molecular flexibility index (Phi) is 6.96. The molecule has 0 radical (unpaired) electrons. The zero-order valence-corrected chi connectivity index (χ0v) is 21.3. The van der Waals surface area contributed by atoms with Gasteiger partial charge in [-0.15, -0.1) is 0 Å². The van der Waals surface area contributed by atoms with Gasteiger partial charge in [0.2, 0.25) is 5.55 Å². The van der Waals surface area contributed by atoms with E-state index >= 15 is 0 Å². The summed E-state index contributed by atoms with van der Waals surface area (Å²) in [6.45, 7) is 0. The molecule has 0 bridgehead atoms. The number of nitrogens with one attached hydrogen (secondary N) is 2. The molecule has 1 aliphatic heterocycles. The van der Waals surface area contributed by atoms with Crippen molar-refractivity contribution in [2.24, 2.45) is 4.99 Å². The number of hydrogen-bond donors (Lipinski definition) is 2. The minimum atomic E-state index is -4.42. The van der Waals surface area contributed by atoms with E-state index in [1.807, 2.05) is 0 Å². The number of carbonyl (C=O) groups is 2. The lowest BCUT2D eigenvalue weighted by molar-refractivity contribution is -0.136. The lowest BCUT2D eigenvalue weighted by atomic mass is 9.85. The summed E-state index contributed by atoms with van der Waals surface area (Å²) in [6.07, 6.45) is -3.15. The van der Waals surface area contributed by atoms with Crippen LogP contribution in [0.3, 0.4) is 0 Å². The molecule has 3 aromatic rings. The summed E-state index contributed by atoms with van der Waals surface area (Å²) in [5, 5.41) is 14.9. The van der Waals surface area contributed by atoms with Crippen LogP contribution in [0.15, 0.2) is 57.9 Å². The lowest BCUT2D eigenvalue weighted by Crippen LogP contribution is -2.37. The molecule has 1 saturated carbocycles. The Morgan fingerprint density at radius 1 is 1.15 bits per heavy atom. The van der Waals surface area contributed by atoms with Crippen molar-refractivity contribution in [3.8, 4) is 17.4 Å². The van der Waals surface area contributed by atoms with Crippen molar-refractivity contribution >= 4 is 17.9 Å². The Labute approximate surface area is 226 Å². The molecule has 1 fully saturated rings. The Bertz CT molecular complexity index is 1630. The van der Waals surface area contributed by atoms with Crippen LogP contribution >= 0.6 is 0 Å². The van der Waals surface area contributed by atoms with Gasteiger partial charge in [0, 0.05) is 30.5 Å². The highest BCUT2D eigenvalue weighted by Crippen LogP contribution is 2.36. The maximum atomic E-state index is 13.6. The van der Waals surface area contributed by atoms with E-state index < -0.39 is 47.7 Å². The molecule has 2 atom stereocenters. The van der Waals surface area contributed by atoms with E-state index in [2.05, 4.69) is 21.7 Å². The van der Waals surface area contributed by atoms with Crippen LogP contribution in [0.5, 0.6) is 0 Å². The normalized spacial score (nSPS) is 18.9. The van der Waals surface area contributed by atoms with E-state index in [-0.39, 0.29) is 28.9 Å². The van der Waals surface area contributed by atoms with Crippen molar-refractivity contribution in [2.75, 3.05) is 7.05 Å². The first kappa shape index (κ1) is 27.1. The quantitative estimate of drug-likeness (QED) is 0.430. The predicted octanol–water partition coefficient (Wildman–Crippen LogP) is 4.14. The first-order valence-corrected chi connectivity index (χ1v) is 12.6. The van der Waals surface area contributed by atoms with Gasteiger partial charge in [0.1, 0.15) is 17.1 Å². The third-order valence-corrected chi connectivity index (χ3v) is 7.10. The van der Waals surface area contributed by atoms with Crippen LogP contribution in [0.25, 0.3) is 17.4 Å². The van der Waals surface area contributed by atoms with Gasteiger partial charge in [-0.05, 0) is 61.2 Å². The van der Waals surface area contributed by atoms with Gasteiger partial charge in [0.15, 0.2) is 0 Å². The second-order valence-electron chi connectivity index (χ2n) is 9.93. The van der Waals surface area contributed by atoms with Crippen LogP contribution in [0.2, 0.25) is 0 Å². The number of alkyl halides is 3. The fourth-order valence-corrected chi connectivity index (χ4v) is 4.80. The van der Waals surface area contributed by atoms with Gasteiger partial charge >= 0.3 is 6.18 Å². The van der Waals surface area contributed by atoms with Crippen molar-refractivity contribution in [3.05, 3.63) is 81.8 Å². The smallest absolute Gasteiger partial charge is 0.389 e. The number of nitriles is 1. The highest BCUT2D eigenvalue weighted by atomic mass is 19.4. The van der Waals surface area contributed by atoms with Crippen molar-refractivity contribution < 1.29 is 31.6 Å². The third-order valence-electron chi connectivity index (χ3n) is 7.10. The minimum Gasteiger partial charge on any atom is -0.437 e. The summed E-state index contributed by atoms with van der Waals surface area (Å²) in [6, 6.07) is 12.9. The Balaban J connectivity index is 1.62. The Morgan fingerprint density at radius 2 is 1.88 bits per heavy atom. The standard InChI is InChI=1S/C29H24F4N4O3/c1-35-26(39)23-21-14-20(17-3-2-4-18(13-17)25(38)37-28(15-34)11-12-28)22(9-10-29(31,32)33)36-27(21)40-24(23)16-5-7-19(30)8-6-16/h2-8,13-14,20,22H,9-12H2,1H3,(H,35,39)(H,37,38). The number of fused-ring (bicyclic) bond motifs is 1. The SMILES string of the molecule is CNC(=O)c1c(-c2ccc(F)cc2)oc2c1=CC(c1cccc(C(=O)NC3(C#N)CC3)c1)C(CCC(F)(F)F)N=2. The van der Waals surface area contributed by atoms with Gasteiger partial charge in [-0.1, -0.05) is 18.2 Å². The summed E-state index contributed by atoms with van der Waals surface area (Å²) in [4.78, 5) is 30.3. The lowest BCUT2D eigenvalue weighted by Gasteiger charge is -2.24. The number of amides is 2. The zero-order chi connectivity index (χ0) is 28.7. The topological polar surface area (TPSA) is 107 Å². The first-order valence-electron chi connectivity index (χ1n) is 12.6. The van der Waals surface area contributed by atoms with Crippen LogP contribution in [0.4, 0.5) is 17.6 Å². The van der Waals surface area contributed by atoms with E-state index in [1.54, 1.807) is 30.3 Å². The number of furan rings is 1. The first-order chi connectivity index (χ1) is 19.0. The second-order valence-corrected chi connectivity index (χ2v) is 9.93. The zero-order valence-electron chi connectivity index (χ0n) is 21.3. The number of benzene rings is 2. The molecular formula is C29H24F4N4O3. The number of rotatable bonds is 7. The molecule has 2 amide bonds. The minimum absolute atomic E-state index is 0.0000532. The van der Waals surface area contributed by atoms with Gasteiger partial charge in [-0.2, -0.15) is 18.4 Å². The molecule has 40 heavy (non-hydrogen) atoms. The van der Waals surface area contributed by atoms with Crippen LogP contribution in [0, 0.1) is 17.1 Å². The number of nitrogens with zero attached hydrogens (tertiary/aromatic N) is 2. The summed E-state index contributed by atoms with van der Waals surface area (Å²) in [5.41, 5.74) is 0.388. The highest BCUT2D eigenvalue weighted by Gasteiger charge is 2.44. The molecule has 206 valence electrons. The van der Waals surface area contributed by atoms with Crippen LogP contribution < -0.4 is 21.4 Å². The third kappa shape index (κ3) is 5.47. The van der Waals surface area contributed by atoms with Gasteiger partial charge < -0.3 is 15.1 Å². The maximum Gasteiger partial charge on any atom is 0.389 e. The summed E-state index contributed by atoms with van der Waals surface area (Å²) in [5.74, 6) is -2.08. The van der Waals surface area contributed by atoms with E-state index in [4.69, 9.17) is 4.42 Å². The van der Waals surface area contributed by atoms with E-state index in [0.717, 1.165) is 0 Å².